The zero-order chi connectivity index (χ0) is 14.1. The Morgan fingerprint density at radius 1 is 1.26 bits per heavy atom. The van der Waals surface area contributed by atoms with Crippen LogP contribution in [0.2, 0.25) is 0 Å². The highest BCUT2D eigenvalue weighted by atomic mass is 16.5. The van der Waals surface area contributed by atoms with E-state index in [9.17, 15) is 0 Å². The van der Waals surface area contributed by atoms with Gasteiger partial charge in [0, 0.05) is 24.9 Å². The quantitative estimate of drug-likeness (QED) is 0.698. The van der Waals surface area contributed by atoms with E-state index in [1.54, 1.807) is 0 Å². The van der Waals surface area contributed by atoms with Crippen LogP contribution < -0.4 is 10.1 Å². The first-order chi connectivity index (χ1) is 9.11. The maximum absolute atomic E-state index is 5.59. The van der Waals surface area contributed by atoms with Crippen LogP contribution in [0.5, 0.6) is 5.88 Å². The van der Waals surface area contributed by atoms with E-state index in [1.165, 1.54) is 5.56 Å². The van der Waals surface area contributed by atoms with Gasteiger partial charge in [-0.1, -0.05) is 13.8 Å². The van der Waals surface area contributed by atoms with E-state index in [4.69, 9.17) is 9.47 Å². The Kier molecular flexibility index (Phi) is 7.45. The molecule has 4 nitrogen and oxygen atoms in total. The number of hydrogen-bond acceptors (Lipinski definition) is 4. The van der Waals surface area contributed by atoms with Crippen molar-refractivity contribution in [3.8, 4) is 5.88 Å². The lowest BCUT2D eigenvalue weighted by Crippen LogP contribution is -2.19. The van der Waals surface area contributed by atoms with Crippen LogP contribution in [0.15, 0.2) is 12.1 Å². The molecular formula is C15H26N2O2. The SMILES string of the molecule is CCOCCOc1cc(CNCC(C)C)cc(C)n1. The van der Waals surface area contributed by atoms with Crippen molar-refractivity contribution in [1.82, 2.24) is 10.3 Å². The molecular weight excluding hydrogens is 240 g/mol. The average molecular weight is 266 g/mol. The minimum Gasteiger partial charge on any atom is -0.475 e. The Labute approximate surface area is 116 Å². The average Bonchev–Trinajstić information content (AvgIpc) is 2.34. The van der Waals surface area contributed by atoms with Gasteiger partial charge < -0.3 is 14.8 Å². The van der Waals surface area contributed by atoms with Crippen molar-refractivity contribution < 1.29 is 9.47 Å². The fourth-order valence-corrected chi connectivity index (χ4v) is 1.74. The fraction of sp³-hybridized carbons (Fsp3) is 0.667. The van der Waals surface area contributed by atoms with Gasteiger partial charge in [0.2, 0.25) is 5.88 Å². The fourth-order valence-electron chi connectivity index (χ4n) is 1.74. The molecule has 0 unspecified atom stereocenters. The summed E-state index contributed by atoms with van der Waals surface area (Å²) in [6.07, 6.45) is 0. The molecule has 0 atom stereocenters. The van der Waals surface area contributed by atoms with Crippen LogP contribution in [-0.2, 0) is 11.3 Å². The lowest BCUT2D eigenvalue weighted by molar-refractivity contribution is 0.108. The molecule has 0 saturated carbocycles. The van der Waals surface area contributed by atoms with Crippen molar-refractivity contribution in [3.05, 3.63) is 23.4 Å². The van der Waals surface area contributed by atoms with Crippen LogP contribution in [0.1, 0.15) is 32.0 Å². The standard InChI is InChI=1S/C15H26N2O2/c1-5-18-6-7-19-15-9-14(8-13(4)17-15)11-16-10-12(2)3/h8-9,12,16H,5-7,10-11H2,1-4H3. The van der Waals surface area contributed by atoms with Gasteiger partial charge >= 0.3 is 0 Å². The van der Waals surface area contributed by atoms with E-state index in [-0.39, 0.29) is 0 Å². The molecule has 1 aromatic heterocycles. The third kappa shape index (κ3) is 7.13. The lowest BCUT2D eigenvalue weighted by Gasteiger charge is -2.10. The normalized spacial score (nSPS) is 11.0. The summed E-state index contributed by atoms with van der Waals surface area (Å²) in [5.41, 5.74) is 2.19. The number of nitrogens with one attached hydrogen (secondary N) is 1. The lowest BCUT2D eigenvalue weighted by atomic mass is 10.2. The second kappa shape index (κ2) is 8.88. The molecule has 0 aliphatic carbocycles. The molecule has 1 aromatic rings. The number of pyridine rings is 1. The summed E-state index contributed by atoms with van der Waals surface area (Å²) in [5.74, 6) is 1.34. The minimum absolute atomic E-state index is 0.545. The van der Waals surface area contributed by atoms with Crippen molar-refractivity contribution in [2.45, 2.75) is 34.2 Å². The molecule has 1 rings (SSSR count). The highest BCUT2D eigenvalue weighted by Crippen LogP contribution is 2.12. The first-order valence-electron chi connectivity index (χ1n) is 7.00. The second-order valence-electron chi connectivity index (χ2n) is 5.03. The number of aromatic nitrogens is 1. The van der Waals surface area contributed by atoms with Gasteiger partial charge in [-0.05, 0) is 37.9 Å². The van der Waals surface area contributed by atoms with Crippen molar-refractivity contribution >= 4 is 0 Å². The highest BCUT2D eigenvalue weighted by molar-refractivity contribution is 5.24. The molecule has 19 heavy (non-hydrogen) atoms. The molecule has 0 fully saturated rings. The number of ether oxygens (including phenoxy) is 2. The zero-order valence-electron chi connectivity index (χ0n) is 12.5. The Bertz CT molecular complexity index is 367. The van der Waals surface area contributed by atoms with Gasteiger partial charge in [0.1, 0.15) is 6.61 Å². The first-order valence-corrected chi connectivity index (χ1v) is 7.00. The highest BCUT2D eigenvalue weighted by Gasteiger charge is 2.02. The summed E-state index contributed by atoms with van der Waals surface area (Å²) in [5, 5.41) is 3.42. The van der Waals surface area contributed by atoms with Crippen molar-refractivity contribution in [1.29, 1.82) is 0 Å². The summed E-state index contributed by atoms with van der Waals surface area (Å²) >= 11 is 0. The summed E-state index contributed by atoms with van der Waals surface area (Å²) in [6.45, 7) is 12.1. The van der Waals surface area contributed by atoms with Crippen molar-refractivity contribution in [2.24, 2.45) is 5.92 Å². The van der Waals surface area contributed by atoms with Crippen LogP contribution >= 0.6 is 0 Å². The van der Waals surface area contributed by atoms with E-state index in [1.807, 2.05) is 19.9 Å². The monoisotopic (exact) mass is 266 g/mol. The summed E-state index contributed by atoms with van der Waals surface area (Å²) in [6, 6.07) is 4.08. The third-order valence-electron chi connectivity index (χ3n) is 2.55. The van der Waals surface area contributed by atoms with E-state index in [0.717, 1.165) is 25.4 Å². The topological polar surface area (TPSA) is 43.4 Å². The molecule has 0 radical (unpaired) electrons. The molecule has 4 heteroatoms. The van der Waals surface area contributed by atoms with Gasteiger partial charge in [0.05, 0.1) is 6.61 Å². The van der Waals surface area contributed by atoms with Crippen LogP contribution in [0, 0.1) is 12.8 Å². The molecule has 0 spiro atoms. The molecule has 1 heterocycles. The Hall–Kier alpha value is -1.13. The van der Waals surface area contributed by atoms with E-state index < -0.39 is 0 Å². The van der Waals surface area contributed by atoms with Crippen molar-refractivity contribution in [2.75, 3.05) is 26.4 Å². The number of rotatable bonds is 9. The zero-order valence-corrected chi connectivity index (χ0v) is 12.5. The molecule has 0 saturated heterocycles. The van der Waals surface area contributed by atoms with Crippen LogP contribution in [0.25, 0.3) is 0 Å². The molecule has 0 aliphatic rings. The van der Waals surface area contributed by atoms with Gasteiger partial charge in [0.15, 0.2) is 0 Å². The molecule has 108 valence electrons. The Morgan fingerprint density at radius 3 is 2.74 bits per heavy atom. The number of hydrogen-bond donors (Lipinski definition) is 1. The predicted molar refractivity (Wildman–Crippen MR) is 77.5 cm³/mol. The summed E-state index contributed by atoms with van der Waals surface area (Å²) < 4.78 is 10.8. The number of nitrogens with zero attached hydrogens (tertiary/aromatic N) is 1. The summed E-state index contributed by atoms with van der Waals surface area (Å²) in [4.78, 5) is 4.37. The molecule has 0 aliphatic heterocycles. The maximum Gasteiger partial charge on any atom is 0.213 e. The van der Waals surface area contributed by atoms with Gasteiger partial charge in [-0.3, -0.25) is 0 Å². The van der Waals surface area contributed by atoms with Gasteiger partial charge in [0.25, 0.3) is 0 Å². The molecule has 1 N–H and O–H groups in total. The van der Waals surface area contributed by atoms with E-state index >= 15 is 0 Å². The van der Waals surface area contributed by atoms with Crippen LogP contribution in [-0.4, -0.2) is 31.3 Å². The maximum atomic E-state index is 5.59. The smallest absolute Gasteiger partial charge is 0.213 e. The Balaban J connectivity index is 2.46. The molecule has 0 amide bonds. The van der Waals surface area contributed by atoms with Crippen LogP contribution in [0.3, 0.4) is 0 Å². The molecule has 0 aromatic carbocycles. The van der Waals surface area contributed by atoms with E-state index in [2.05, 4.69) is 30.2 Å². The largest absolute Gasteiger partial charge is 0.475 e. The Morgan fingerprint density at radius 2 is 2.05 bits per heavy atom. The van der Waals surface area contributed by atoms with Gasteiger partial charge in [-0.15, -0.1) is 0 Å². The minimum atomic E-state index is 0.545. The summed E-state index contributed by atoms with van der Waals surface area (Å²) in [7, 11) is 0. The second-order valence-corrected chi connectivity index (χ2v) is 5.03. The van der Waals surface area contributed by atoms with Crippen molar-refractivity contribution in [3.63, 3.8) is 0 Å². The van der Waals surface area contributed by atoms with Gasteiger partial charge in [-0.2, -0.15) is 0 Å². The number of aryl methyl sites for hydroxylation is 1. The van der Waals surface area contributed by atoms with Gasteiger partial charge in [-0.25, -0.2) is 4.98 Å². The van der Waals surface area contributed by atoms with E-state index in [0.29, 0.717) is 25.0 Å². The predicted octanol–water partition coefficient (Wildman–Crippen LogP) is 2.55. The first kappa shape index (κ1) is 15.9. The van der Waals surface area contributed by atoms with Crippen LogP contribution in [0.4, 0.5) is 0 Å². The molecule has 0 bridgehead atoms. The third-order valence-corrected chi connectivity index (χ3v) is 2.55.